The van der Waals surface area contributed by atoms with Gasteiger partial charge in [0.15, 0.2) is 6.61 Å². The minimum Gasteiger partial charge on any atom is -0.481 e. The van der Waals surface area contributed by atoms with Gasteiger partial charge in [0.25, 0.3) is 0 Å². The maximum Gasteiger partial charge on any atom is 0.407 e. The molecule has 4 amide bonds. The van der Waals surface area contributed by atoms with Gasteiger partial charge in [-0.3, -0.25) is 19.2 Å². The van der Waals surface area contributed by atoms with E-state index >= 15 is 0 Å². The molecule has 54 heavy (non-hydrogen) atoms. The van der Waals surface area contributed by atoms with Crippen LogP contribution in [-0.2, 0) is 35.1 Å². The number of aromatic carboxylic acids is 1. The van der Waals surface area contributed by atoms with E-state index in [0.717, 1.165) is 28.3 Å². The van der Waals surface area contributed by atoms with Crippen molar-refractivity contribution >= 4 is 41.7 Å². The highest BCUT2D eigenvalue weighted by atomic mass is 16.5. The summed E-state index contributed by atoms with van der Waals surface area (Å²) in [5.41, 5.74) is 9.16. The van der Waals surface area contributed by atoms with Gasteiger partial charge in [-0.05, 0) is 58.7 Å². The molecule has 3 aromatic rings. The second-order valence-corrected chi connectivity index (χ2v) is 13.1. The molecule has 3 aromatic carbocycles. The highest BCUT2D eigenvalue weighted by Crippen LogP contribution is 2.44. The van der Waals surface area contributed by atoms with Gasteiger partial charge in [-0.25, -0.2) is 14.4 Å². The first-order valence-electron chi connectivity index (χ1n) is 17.1. The Morgan fingerprint density at radius 2 is 1.35 bits per heavy atom. The molecule has 0 heterocycles. The van der Waals surface area contributed by atoms with Crippen LogP contribution in [-0.4, -0.2) is 88.4 Å². The molecule has 0 fully saturated rings. The van der Waals surface area contributed by atoms with E-state index in [1.165, 1.54) is 12.1 Å². The topological polar surface area (TPSA) is 261 Å². The lowest BCUT2D eigenvalue weighted by Gasteiger charge is -2.25. The lowest BCUT2D eigenvalue weighted by atomic mass is 9.98. The molecule has 1 aliphatic carbocycles. The number of carboxylic acid groups (broad SMARTS) is 3. The zero-order valence-corrected chi connectivity index (χ0v) is 29.6. The standard InChI is InChI=1S/C38H42N4O12/c1-20(2)15-29(34(39)47)40-36(49)30(17-21-11-13-31(53-19-33(45)46)26(16-21)37(50)51)41-35(48)28(12-14-32(43)44)42-38(52)54-18-27-24-9-5-3-7-22(24)23-8-4-6-10-25(23)27/h3-11,13,16,20,27-30H,12,14-15,17-19H2,1-2H3,(H2,39,47)(H,40,49)(H,41,48)(H,42,52)(H,43,44)(H,45,46)(H,50,51)/t28?,29-,30-/m0/s1. The Morgan fingerprint density at radius 3 is 1.91 bits per heavy atom. The first-order valence-corrected chi connectivity index (χ1v) is 17.1. The predicted molar refractivity (Wildman–Crippen MR) is 192 cm³/mol. The highest BCUT2D eigenvalue weighted by Gasteiger charge is 2.32. The fraction of sp³-hybridized carbons (Fsp3) is 0.342. The van der Waals surface area contributed by atoms with E-state index in [9.17, 15) is 43.8 Å². The number of aliphatic carboxylic acids is 2. The smallest absolute Gasteiger partial charge is 0.407 e. The van der Waals surface area contributed by atoms with Gasteiger partial charge < -0.3 is 46.5 Å². The van der Waals surface area contributed by atoms with E-state index in [1.54, 1.807) is 13.8 Å². The molecule has 0 radical (unpaired) electrons. The first kappa shape index (κ1) is 40.3. The van der Waals surface area contributed by atoms with Crippen molar-refractivity contribution in [3.8, 4) is 16.9 Å². The summed E-state index contributed by atoms with van der Waals surface area (Å²) in [6, 6.07) is 14.9. The Labute approximate surface area is 310 Å². The second kappa shape index (κ2) is 18.3. The number of nitrogens with two attached hydrogens (primary N) is 1. The Bertz CT molecular complexity index is 1870. The van der Waals surface area contributed by atoms with Gasteiger partial charge in [0.05, 0.1) is 0 Å². The molecule has 0 spiro atoms. The molecule has 16 heteroatoms. The van der Waals surface area contributed by atoms with Gasteiger partial charge in [-0.1, -0.05) is 68.4 Å². The molecule has 0 saturated carbocycles. The number of carboxylic acids is 3. The monoisotopic (exact) mass is 746 g/mol. The number of hydrogen-bond acceptors (Lipinski definition) is 9. The van der Waals surface area contributed by atoms with Crippen LogP contribution in [0.2, 0.25) is 0 Å². The number of amides is 4. The number of ether oxygens (including phenoxy) is 2. The third-order valence-corrected chi connectivity index (χ3v) is 8.66. The largest absolute Gasteiger partial charge is 0.481 e. The van der Waals surface area contributed by atoms with Crippen molar-refractivity contribution in [1.82, 2.24) is 16.0 Å². The molecule has 3 atom stereocenters. The van der Waals surface area contributed by atoms with Gasteiger partial charge in [-0.2, -0.15) is 0 Å². The summed E-state index contributed by atoms with van der Waals surface area (Å²) in [4.78, 5) is 87.2. The third kappa shape index (κ3) is 10.8. The molecular weight excluding hydrogens is 704 g/mol. The number of fused-ring (bicyclic) bond motifs is 3. The van der Waals surface area contributed by atoms with E-state index in [0.29, 0.717) is 0 Å². The average Bonchev–Trinajstić information content (AvgIpc) is 3.44. The number of primary amides is 1. The van der Waals surface area contributed by atoms with Crippen molar-refractivity contribution in [2.24, 2.45) is 11.7 Å². The SMILES string of the molecule is CC(C)C[C@H](NC(=O)[C@H](Cc1ccc(OCC(=O)O)c(C(=O)O)c1)NC(=O)C(CCC(=O)O)NC(=O)OCC1c2ccccc2-c2ccccc21)C(N)=O. The summed E-state index contributed by atoms with van der Waals surface area (Å²) in [6.07, 6.45) is -2.16. The number of benzene rings is 3. The number of nitrogens with one attached hydrogen (secondary N) is 3. The van der Waals surface area contributed by atoms with Crippen LogP contribution in [0.4, 0.5) is 4.79 Å². The van der Waals surface area contributed by atoms with Crippen LogP contribution in [0.5, 0.6) is 5.75 Å². The molecule has 4 rings (SSSR count). The summed E-state index contributed by atoms with van der Waals surface area (Å²) < 4.78 is 10.6. The quantitative estimate of drug-likeness (QED) is 0.0934. The number of hydrogen-bond donors (Lipinski definition) is 7. The number of carbonyl (C=O) groups excluding carboxylic acids is 4. The summed E-state index contributed by atoms with van der Waals surface area (Å²) in [5, 5.41) is 35.5. The number of carbonyl (C=O) groups is 7. The minimum atomic E-state index is -1.50. The zero-order valence-electron chi connectivity index (χ0n) is 29.6. The second-order valence-electron chi connectivity index (χ2n) is 13.1. The molecule has 1 aliphatic rings. The van der Waals surface area contributed by atoms with Crippen molar-refractivity contribution in [3.63, 3.8) is 0 Å². The van der Waals surface area contributed by atoms with Crippen LogP contribution in [0, 0.1) is 5.92 Å². The number of alkyl carbamates (subject to hydrolysis) is 1. The van der Waals surface area contributed by atoms with Crippen LogP contribution in [0.1, 0.15) is 66.1 Å². The van der Waals surface area contributed by atoms with Crippen LogP contribution < -0.4 is 26.4 Å². The van der Waals surface area contributed by atoms with E-state index in [1.807, 2.05) is 48.5 Å². The fourth-order valence-corrected chi connectivity index (χ4v) is 6.16. The van der Waals surface area contributed by atoms with E-state index < -0.39 is 84.9 Å². The van der Waals surface area contributed by atoms with Crippen LogP contribution in [0.3, 0.4) is 0 Å². The normalized spacial score (nSPS) is 13.4. The Morgan fingerprint density at radius 1 is 0.759 bits per heavy atom. The van der Waals surface area contributed by atoms with Crippen molar-refractivity contribution in [3.05, 3.63) is 89.0 Å². The Kier molecular flexibility index (Phi) is 13.7. The predicted octanol–water partition coefficient (Wildman–Crippen LogP) is 2.66. The Hall–Kier alpha value is -6.45. The zero-order chi connectivity index (χ0) is 39.5. The van der Waals surface area contributed by atoms with Crippen molar-refractivity contribution in [1.29, 1.82) is 0 Å². The lowest BCUT2D eigenvalue weighted by molar-refractivity contribution is -0.139. The van der Waals surface area contributed by atoms with Crippen molar-refractivity contribution in [2.45, 2.75) is 63.6 Å². The van der Waals surface area contributed by atoms with E-state index in [-0.39, 0.29) is 42.6 Å². The maximum absolute atomic E-state index is 13.7. The van der Waals surface area contributed by atoms with Gasteiger partial charge >= 0.3 is 24.0 Å². The van der Waals surface area contributed by atoms with Gasteiger partial charge in [0.1, 0.15) is 36.0 Å². The third-order valence-electron chi connectivity index (χ3n) is 8.66. The van der Waals surface area contributed by atoms with Crippen molar-refractivity contribution < 1.29 is 58.4 Å². The van der Waals surface area contributed by atoms with Crippen LogP contribution in [0.15, 0.2) is 66.7 Å². The van der Waals surface area contributed by atoms with E-state index in [2.05, 4.69) is 16.0 Å². The summed E-state index contributed by atoms with van der Waals surface area (Å²) in [6.45, 7) is 2.68. The molecule has 0 bridgehead atoms. The summed E-state index contributed by atoms with van der Waals surface area (Å²) >= 11 is 0. The van der Waals surface area contributed by atoms with Crippen molar-refractivity contribution in [2.75, 3.05) is 13.2 Å². The lowest BCUT2D eigenvalue weighted by Crippen LogP contribution is -2.57. The molecular formula is C38H42N4O12. The maximum atomic E-state index is 13.7. The summed E-state index contributed by atoms with van der Waals surface area (Å²) in [5.74, 6) is -7.40. The van der Waals surface area contributed by atoms with Crippen LogP contribution >= 0.6 is 0 Å². The average molecular weight is 747 g/mol. The number of rotatable bonds is 19. The molecule has 0 aliphatic heterocycles. The van der Waals surface area contributed by atoms with E-state index in [4.69, 9.17) is 20.3 Å². The molecule has 0 saturated heterocycles. The molecule has 286 valence electrons. The summed E-state index contributed by atoms with van der Waals surface area (Å²) in [7, 11) is 0. The van der Waals surface area contributed by atoms with Gasteiger partial charge in [-0.15, -0.1) is 0 Å². The molecule has 1 unspecified atom stereocenters. The fourth-order valence-electron chi connectivity index (χ4n) is 6.16. The van der Waals surface area contributed by atoms with Gasteiger partial charge in [0.2, 0.25) is 17.7 Å². The van der Waals surface area contributed by atoms with Crippen LogP contribution in [0.25, 0.3) is 11.1 Å². The highest BCUT2D eigenvalue weighted by molar-refractivity contribution is 5.94. The Balaban J connectivity index is 1.56. The molecule has 0 aromatic heterocycles. The minimum absolute atomic E-state index is 0.0749. The molecule has 16 nitrogen and oxygen atoms in total. The first-order chi connectivity index (χ1) is 25.6. The van der Waals surface area contributed by atoms with Gasteiger partial charge in [0, 0.05) is 18.8 Å². The molecule has 8 N–H and O–H groups in total.